The van der Waals surface area contributed by atoms with Gasteiger partial charge in [0.2, 0.25) is 5.91 Å². The van der Waals surface area contributed by atoms with E-state index in [-0.39, 0.29) is 30.0 Å². The number of hydrogen-bond donors (Lipinski definition) is 2. The van der Waals surface area contributed by atoms with E-state index in [0.29, 0.717) is 28.4 Å². The van der Waals surface area contributed by atoms with Gasteiger partial charge in [0.25, 0.3) is 0 Å². The monoisotopic (exact) mass is 553 g/mol. The van der Waals surface area contributed by atoms with Crippen LogP contribution in [0.25, 0.3) is 0 Å². The lowest BCUT2D eigenvalue weighted by atomic mass is 10.1. The van der Waals surface area contributed by atoms with Crippen molar-refractivity contribution in [2.24, 2.45) is 0 Å². The van der Waals surface area contributed by atoms with Crippen LogP contribution in [0.15, 0.2) is 60.7 Å². The number of esters is 1. The first kappa shape index (κ1) is 29.3. The summed E-state index contributed by atoms with van der Waals surface area (Å²) in [5.41, 5.74) is 3.17. The second-order valence-corrected chi connectivity index (χ2v) is 9.31. The van der Waals surface area contributed by atoms with Gasteiger partial charge in [0.05, 0.1) is 43.0 Å². The number of carbonyl (C=O) groups excluding carboxylic acids is 3. The first-order valence-electron chi connectivity index (χ1n) is 12.2. The molecule has 0 aliphatic carbocycles. The Morgan fingerprint density at radius 3 is 2.33 bits per heavy atom. The number of urea groups is 1. The maximum Gasteiger partial charge on any atom is 0.337 e. The summed E-state index contributed by atoms with van der Waals surface area (Å²) in [5, 5.41) is 5.87. The summed E-state index contributed by atoms with van der Waals surface area (Å²) >= 11 is 6.23. The number of anilines is 2. The molecule has 0 saturated heterocycles. The summed E-state index contributed by atoms with van der Waals surface area (Å²) in [5.74, 6) is 0.215. The fraction of sp³-hybridized carbons (Fsp3) is 0.276. The fourth-order valence-corrected chi connectivity index (χ4v) is 3.90. The molecule has 39 heavy (non-hydrogen) atoms. The molecule has 3 rings (SSSR count). The average Bonchev–Trinajstić information content (AvgIpc) is 2.93. The van der Waals surface area contributed by atoms with E-state index in [1.54, 1.807) is 42.3 Å². The summed E-state index contributed by atoms with van der Waals surface area (Å²) in [6.07, 6.45) is 0.126. The number of para-hydroxylation sites is 1. The van der Waals surface area contributed by atoms with Crippen LogP contribution in [0.2, 0.25) is 5.02 Å². The van der Waals surface area contributed by atoms with Crippen molar-refractivity contribution in [3.05, 3.63) is 82.4 Å². The van der Waals surface area contributed by atoms with Crippen molar-refractivity contribution in [1.29, 1.82) is 0 Å². The topological polar surface area (TPSA) is 106 Å². The number of ether oxygens (including phenoxy) is 3. The highest BCUT2D eigenvalue weighted by Crippen LogP contribution is 2.28. The largest absolute Gasteiger partial charge is 0.495 e. The number of amides is 3. The summed E-state index contributed by atoms with van der Waals surface area (Å²) in [6.45, 7) is 3.96. The van der Waals surface area contributed by atoms with E-state index in [4.69, 9.17) is 21.1 Å². The minimum absolute atomic E-state index is 0.126. The lowest BCUT2D eigenvalue weighted by Gasteiger charge is -2.25. The fourth-order valence-electron chi connectivity index (χ4n) is 3.67. The Morgan fingerprint density at radius 2 is 1.67 bits per heavy atom. The summed E-state index contributed by atoms with van der Waals surface area (Å²) < 4.78 is 15.9. The maximum atomic E-state index is 13.0. The highest BCUT2D eigenvalue weighted by molar-refractivity contribution is 6.32. The van der Waals surface area contributed by atoms with Gasteiger partial charge in [-0.15, -0.1) is 0 Å². The number of rotatable bonds is 10. The molecule has 3 aromatic carbocycles. The van der Waals surface area contributed by atoms with Crippen LogP contribution < -0.4 is 20.1 Å². The molecule has 0 spiro atoms. The van der Waals surface area contributed by atoms with Crippen LogP contribution in [-0.4, -0.2) is 56.7 Å². The number of aryl methyl sites for hydroxylation is 1. The minimum Gasteiger partial charge on any atom is -0.495 e. The van der Waals surface area contributed by atoms with Crippen molar-refractivity contribution in [3.63, 3.8) is 0 Å². The van der Waals surface area contributed by atoms with E-state index < -0.39 is 12.0 Å². The van der Waals surface area contributed by atoms with Crippen LogP contribution >= 0.6 is 11.6 Å². The highest BCUT2D eigenvalue weighted by Gasteiger charge is 2.19. The van der Waals surface area contributed by atoms with E-state index in [2.05, 4.69) is 15.4 Å². The van der Waals surface area contributed by atoms with Gasteiger partial charge in [-0.3, -0.25) is 4.79 Å². The molecule has 0 saturated carbocycles. The number of benzene rings is 3. The average molecular weight is 554 g/mol. The van der Waals surface area contributed by atoms with E-state index in [0.717, 1.165) is 11.1 Å². The minimum atomic E-state index is -0.492. The third-order valence-electron chi connectivity index (χ3n) is 6.15. The molecule has 0 unspecified atom stereocenters. The van der Waals surface area contributed by atoms with Crippen molar-refractivity contribution in [1.82, 2.24) is 4.90 Å². The normalized spacial score (nSPS) is 11.2. The molecule has 3 aromatic rings. The van der Waals surface area contributed by atoms with Gasteiger partial charge in [-0.2, -0.15) is 0 Å². The third-order valence-corrected chi connectivity index (χ3v) is 6.45. The summed E-state index contributed by atoms with van der Waals surface area (Å²) in [4.78, 5) is 38.7. The van der Waals surface area contributed by atoms with Gasteiger partial charge in [-0.05, 0) is 61.4 Å². The van der Waals surface area contributed by atoms with Crippen molar-refractivity contribution in [2.45, 2.75) is 26.3 Å². The Hall–Kier alpha value is -4.24. The lowest BCUT2D eigenvalue weighted by Crippen LogP contribution is -2.39. The van der Waals surface area contributed by atoms with E-state index >= 15 is 0 Å². The molecule has 2 N–H and O–H groups in total. The first-order valence-corrected chi connectivity index (χ1v) is 12.6. The van der Waals surface area contributed by atoms with Gasteiger partial charge >= 0.3 is 12.0 Å². The standard InChI is InChI=1S/C29H32ClN3O6/c1-18-8-6-7-9-23(18)31-29(36)32-24-12-10-20(14-26(24)37-4)15-27(34)33(3)19(2)17-39-25-13-11-21(16-22(25)30)28(35)38-5/h6-14,16,19H,15,17H2,1-5H3,(H2,31,32,36)/t19-/m0/s1. The summed E-state index contributed by atoms with van der Waals surface area (Å²) in [7, 11) is 4.49. The van der Waals surface area contributed by atoms with E-state index in [1.807, 2.05) is 38.1 Å². The molecule has 0 heterocycles. The molecule has 0 bridgehead atoms. The zero-order valence-electron chi connectivity index (χ0n) is 22.5. The van der Waals surface area contributed by atoms with E-state index in [9.17, 15) is 14.4 Å². The second kappa shape index (κ2) is 13.5. The number of nitrogens with one attached hydrogen (secondary N) is 2. The van der Waals surface area contributed by atoms with Crippen molar-refractivity contribution < 1.29 is 28.6 Å². The Kier molecular flexibility index (Phi) is 10.2. The Bertz CT molecular complexity index is 1350. The molecule has 0 fully saturated rings. The maximum absolute atomic E-state index is 13.0. The van der Waals surface area contributed by atoms with Gasteiger partial charge in [0, 0.05) is 12.7 Å². The predicted octanol–water partition coefficient (Wildman–Crippen LogP) is 5.56. The van der Waals surface area contributed by atoms with Crippen molar-refractivity contribution in [2.75, 3.05) is 38.5 Å². The molecule has 3 amide bonds. The number of hydrogen-bond acceptors (Lipinski definition) is 6. The van der Waals surface area contributed by atoms with Crippen LogP contribution in [-0.2, 0) is 16.0 Å². The highest BCUT2D eigenvalue weighted by atomic mass is 35.5. The smallest absolute Gasteiger partial charge is 0.337 e. The molecule has 10 heteroatoms. The van der Waals surface area contributed by atoms with E-state index in [1.165, 1.54) is 20.3 Å². The number of likely N-dealkylation sites (N-methyl/N-ethyl adjacent to an activating group) is 1. The summed E-state index contributed by atoms with van der Waals surface area (Å²) in [6, 6.07) is 16.6. The van der Waals surface area contributed by atoms with Crippen LogP contribution in [0.3, 0.4) is 0 Å². The molecule has 0 aliphatic rings. The number of carbonyl (C=O) groups is 3. The zero-order valence-corrected chi connectivity index (χ0v) is 23.3. The number of methoxy groups -OCH3 is 2. The number of halogens is 1. The van der Waals surface area contributed by atoms with Gasteiger partial charge in [0.1, 0.15) is 18.1 Å². The van der Waals surface area contributed by atoms with Crippen molar-refractivity contribution >= 4 is 40.9 Å². The Balaban J connectivity index is 1.57. The van der Waals surface area contributed by atoms with Gasteiger partial charge in [-0.1, -0.05) is 35.9 Å². The first-order chi connectivity index (χ1) is 18.6. The molecule has 206 valence electrons. The zero-order chi connectivity index (χ0) is 28.5. The van der Waals surface area contributed by atoms with Crippen LogP contribution in [0.5, 0.6) is 11.5 Å². The van der Waals surface area contributed by atoms with Gasteiger partial charge in [-0.25, -0.2) is 9.59 Å². The molecule has 0 aromatic heterocycles. The van der Waals surface area contributed by atoms with Crippen LogP contribution in [0.1, 0.15) is 28.4 Å². The molecule has 0 aliphatic heterocycles. The molecule has 9 nitrogen and oxygen atoms in total. The number of nitrogens with zero attached hydrogens (tertiary/aromatic N) is 1. The molecular weight excluding hydrogens is 522 g/mol. The lowest BCUT2D eigenvalue weighted by molar-refractivity contribution is -0.131. The van der Waals surface area contributed by atoms with Crippen molar-refractivity contribution in [3.8, 4) is 11.5 Å². The Labute approximate surface area is 233 Å². The third kappa shape index (κ3) is 7.87. The van der Waals surface area contributed by atoms with Gasteiger partial charge in [0.15, 0.2) is 0 Å². The predicted molar refractivity (Wildman–Crippen MR) is 151 cm³/mol. The quantitative estimate of drug-likeness (QED) is 0.319. The SMILES string of the molecule is COC(=O)c1ccc(OC[C@H](C)N(C)C(=O)Cc2ccc(NC(=O)Nc3ccccc3C)c(OC)c2)c(Cl)c1. The Morgan fingerprint density at radius 1 is 0.949 bits per heavy atom. The second-order valence-electron chi connectivity index (χ2n) is 8.91. The van der Waals surface area contributed by atoms with Crippen LogP contribution in [0.4, 0.5) is 16.2 Å². The van der Waals surface area contributed by atoms with Crippen LogP contribution in [0, 0.1) is 6.92 Å². The van der Waals surface area contributed by atoms with Gasteiger partial charge < -0.3 is 29.7 Å². The molecule has 1 atom stereocenters. The molecular formula is C29H32ClN3O6. The molecule has 0 radical (unpaired) electrons.